The van der Waals surface area contributed by atoms with Crippen LogP contribution in [-0.4, -0.2) is 27.7 Å². The maximum atomic E-state index is 12.1. The van der Waals surface area contributed by atoms with Gasteiger partial charge in [-0.1, -0.05) is 0 Å². The number of aromatic nitrogens is 2. The highest BCUT2D eigenvalue weighted by molar-refractivity contribution is 7.71. The summed E-state index contributed by atoms with van der Waals surface area (Å²) < 4.78 is 6.26. The third-order valence-electron chi connectivity index (χ3n) is 2.54. The van der Waals surface area contributed by atoms with Crippen LogP contribution in [0.2, 0.25) is 0 Å². The molecule has 98 valence electrons. The average molecular weight is 278 g/mol. The summed E-state index contributed by atoms with van der Waals surface area (Å²) in [5, 5.41) is 8.92. The molecular weight excluding hydrogens is 268 g/mol. The molecule has 1 aromatic carbocycles. The number of hydrogen-bond donors (Lipinski definition) is 2. The number of nitrogens with zero attached hydrogens (tertiary/aromatic N) is 1. The number of benzene rings is 1. The average Bonchev–Trinajstić information content (AvgIpc) is 2.39. The second kappa shape index (κ2) is 5.07. The van der Waals surface area contributed by atoms with Crippen molar-refractivity contribution in [3.8, 4) is 11.4 Å². The first-order valence-corrected chi connectivity index (χ1v) is 5.68. The van der Waals surface area contributed by atoms with Crippen LogP contribution in [0.3, 0.4) is 0 Å². The number of carbonyl (C=O) groups is 1. The van der Waals surface area contributed by atoms with Crippen LogP contribution < -0.4 is 10.3 Å². The fraction of sp³-hybridized carbons (Fsp3) is 0.0833. The predicted molar refractivity (Wildman–Crippen MR) is 70.7 cm³/mol. The van der Waals surface area contributed by atoms with Crippen molar-refractivity contribution in [1.29, 1.82) is 0 Å². The molecule has 19 heavy (non-hydrogen) atoms. The number of carboxylic acid groups (broad SMARTS) is 1. The van der Waals surface area contributed by atoms with Gasteiger partial charge in [-0.25, -0.2) is 4.79 Å². The van der Waals surface area contributed by atoms with Gasteiger partial charge in [0.15, 0.2) is 4.77 Å². The predicted octanol–water partition coefficient (Wildman–Crippen LogP) is 1.60. The lowest BCUT2D eigenvalue weighted by molar-refractivity contribution is 0.0694. The maximum absolute atomic E-state index is 12.1. The molecule has 2 N–H and O–H groups in total. The quantitative estimate of drug-likeness (QED) is 0.833. The first-order chi connectivity index (χ1) is 9.04. The van der Waals surface area contributed by atoms with Crippen LogP contribution in [0.15, 0.2) is 35.3 Å². The van der Waals surface area contributed by atoms with E-state index in [4.69, 9.17) is 22.1 Å². The molecule has 2 aromatic rings. The molecule has 0 radical (unpaired) electrons. The van der Waals surface area contributed by atoms with Gasteiger partial charge in [0.2, 0.25) is 0 Å². The Morgan fingerprint density at radius 1 is 1.37 bits per heavy atom. The smallest absolute Gasteiger partial charge is 0.342 e. The van der Waals surface area contributed by atoms with Gasteiger partial charge in [-0.3, -0.25) is 9.36 Å². The molecule has 0 aliphatic rings. The summed E-state index contributed by atoms with van der Waals surface area (Å²) in [7, 11) is 1.53. The molecule has 0 saturated heterocycles. The molecule has 0 unspecified atom stereocenters. The van der Waals surface area contributed by atoms with Crippen molar-refractivity contribution in [1.82, 2.24) is 9.55 Å². The lowest BCUT2D eigenvalue weighted by Gasteiger charge is -2.07. The van der Waals surface area contributed by atoms with E-state index in [-0.39, 0.29) is 10.3 Å². The molecule has 6 nitrogen and oxygen atoms in total. The largest absolute Gasteiger partial charge is 0.497 e. The highest BCUT2D eigenvalue weighted by Gasteiger charge is 2.13. The first-order valence-electron chi connectivity index (χ1n) is 5.27. The van der Waals surface area contributed by atoms with Crippen molar-refractivity contribution >= 4 is 18.2 Å². The van der Waals surface area contributed by atoms with Crippen molar-refractivity contribution < 1.29 is 14.6 Å². The van der Waals surface area contributed by atoms with Gasteiger partial charge in [-0.05, 0) is 36.5 Å². The number of carboxylic acids is 1. The van der Waals surface area contributed by atoms with Crippen molar-refractivity contribution in [2.45, 2.75) is 0 Å². The van der Waals surface area contributed by atoms with E-state index < -0.39 is 11.5 Å². The third kappa shape index (κ3) is 2.41. The summed E-state index contributed by atoms with van der Waals surface area (Å²) in [6.45, 7) is 0. The molecule has 0 fully saturated rings. The number of hydrogen-bond acceptors (Lipinski definition) is 4. The standard InChI is InChI=1S/C12H10N2O4S/c1-18-8-4-2-7(3-5-8)14-10(15)9(11(16)17)6-13-12(14)19/h2-6H,1H3,(H,13,19)(H,16,17). The SMILES string of the molecule is COc1ccc(-n2c(=S)[nH]cc(C(=O)O)c2=O)cc1. The molecule has 0 saturated carbocycles. The Labute approximate surface area is 112 Å². The van der Waals surface area contributed by atoms with Crippen LogP contribution in [0.4, 0.5) is 0 Å². The number of H-pyrrole nitrogens is 1. The lowest BCUT2D eigenvalue weighted by atomic mass is 10.3. The van der Waals surface area contributed by atoms with Gasteiger partial charge in [0.25, 0.3) is 5.56 Å². The summed E-state index contributed by atoms with van der Waals surface area (Å²) in [5.74, 6) is -0.681. The van der Waals surface area contributed by atoms with Crippen molar-refractivity contribution in [3.05, 3.63) is 51.2 Å². The van der Waals surface area contributed by atoms with Crippen LogP contribution >= 0.6 is 12.2 Å². The summed E-state index contributed by atoms with van der Waals surface area (Å²) in [6.07, 6.45) is 1.09. The summed E-state index contributed by atoms with van der Waals surface area (Å²) >= 11 is 5.01. The van der Waals surface area contributed by atoms with Crippen LogP contribution in [0.1, 0.15) is 10.4 Å². The molecule has 0 aliphatic heterocycles. The maximum Gasteiger partial charge on any atom is 0.342 e. The van der Waals surface area contributed by atoms with Crippen LogP contribution in [-0.2, 0) is 0 Å². The van der Waals surface area contributed by atoms with E-state index in [0.717, 1.165) is 10.8 Å². The zero-order valence-corrected chi connectivity index (χ0v) is 10.7. The minimum Gasteiger partial charge on any atom is -0.497 e. The van der Waals surface area contributed by atoms with Crippen LogP contribution in [0.5, 0.6) is 5.75 Å². The van der Waals surface area contributed by atoms with Gasteiger partial charge in [0.05, 0.1) is 12.8 Å². The van der Waals surface area contributed by atoms with E-state index in [9.17, 15) is 9.59 Å². The number of aromatic carboxylic acids is 1. The fourth-order valence-corrected chi connectivity index (χ4v) is 1.84. The Bertz CT molecular complexity index is 731. The summed E-state index contributed by atoms with van der Waals surface area (Å²) in [6, 6.07) is 6.55. The minimum atomic E-state index is -1.31. The molecule has 7 heteroatoms. The lowest BCUT2D eigenvalue weighted by Crippen LogP contribution is -2.26. The van der Waals surface area contributed by atoms with E-state index in [2.05, 4.69) is 4.98 Å². The van der Waals surface area contributed by atoms with Crippen molar-refractivity contribution in [2.24, 2.45) is 0 Å². The number of rotatable bonds is 3. The number of nitrogens with one attached hydrogen (secondary N) is 1. The van der Waals surface area contributed by atoms with Gasteiger partial charge in [0.1, 0.15) is 11.3 Å². The van der Waals surface area contributed by atoms with Crippen molar-refractivity contribution in [3.63, 3.8) is 0 Å². The fourth-order valence-electron chi connectivity index (χ4n) is 1.59. The Kier molecular flexibility index (Phi) is 3.48. The van der Waals surface area contributed by atoms with Gasteiger partial charge in [-0.15, -0.1) is 0 Å². The monoisotopic (exact) mass is 278 g/mol. The summed E-state index contributed by atoms with van der Waals surface area (Å²) in [5.41, 5.74) is -0.582. The second-order valence-electron chi connectivity index (χ2n) is 3.65. The van der Waals surface area contributed by atoms with Gasteiger partial charge >= 0.3 is 5.97 Å². The Balaban J connectivity index is 2.67. The normalized spacial score (nSPS) is 10.2. The second-order valence-corrected chi connectivity index (χ2v) is 4.04. The topological polar surface area (TPSA) is 84.3 Å². The molecule has 0 amide bonds. The van der Waals surface area contributed by atoms with E-state index in [1.54, 1.807) is 24.3 Å². The Morgan fingerprint density at radius 3 is 2.53 bits per heavy atom. The highest BCUT2D eigenvalue weighted by atomic mass is 32.1. The molecule has 1 heterocycles. The third-order valence-corrected chi connectivity index (χ3v) is 2.84. The zero-order valence-electron chi connectivity index (χ0n) is 9.91. The molecule has 0 spiro atoms. The number of ether oxygens (including phenoxy) is 1. The molecule has 0 atom stereocenters. The van der Waals surface area contributed by atoms with Gasteiger partial charge in [-0.2, -0.15) is 0 Å². The Hall–Kier alpha value is -2.41. The first kappa shape index (κ1) is 13.0. The highest BCUT2D eigenvalue weighted by Crippen LogP contribution is 2.13. The zero-order chi connectivity index (χ0) is 14.0. The van der Waals surface area contributed by atoms with Crippen molar-refractivity contribution in [2.75, 3.05) is 7.11 Å². The molecule has 0 aliphatic carbocycles. The minimum absolute atomic E-state index is 0.125. The number of methoxy groups -OCH3 is 1. The number of aromatic amines is 1. The molecule has 2 rings (SSSR count). The summed E-state index contributed by atoms with van der Waals surface area (Å²) in [4.78, 5) is 25.6. The van der Waals surface area contributed by atoms with E-state index in [1.807, 2.05) is 0 Å². The molecule has 1 aromatic heterocycles. The van der Waals surface area contributed by atoms with E-state index in [0.29, 0.717) is 11.4 Å². The van der Waals surface area contributed by atoms with Gasteiger partial charge in [0, 0.05) is 6.20 Å². The van der Waals surface area contributed by atoms with Gasteiger partial charge < -0.3 is 14.8 Å². The van der Waals surface area contributed by atoms with E-state index >= 15 is 0 Å². The molecule has 0 bridgehead atoms. The molecular formula is C12H10N2O4S. The van der Waals surface area contributed by atoms with Crippen LogP contribution in [0.25, 0.3) is 5.69 Å². The Morgan fingerprint density at radius 2 is 2.00 bits per heavy atom. The van der Waals surface area contributed by atoms with Crippen LogP contribution in [0, 0.1) is 4.77 Å². The van der Waals surface area contributed by atoms with E-state index in [1.165, 1.54) is 7.11 Å².